The quantitative estimate of drug-likeness (QED) is 0.155. The van der Waals surface area contributed by atoms with Gasteiger partial charge in [0, 0.05) is 13.1 Å². The Kier molecular flexibility index (Phi) is 9.04. The van der Waals surface area contributed by atoms with Crippen LogP contribution in [0.3, 0.4) is 0 Å². The third kappa shape index (κ3) is 6.45. The second-order valence-corrected chi connectivity index (χ2v) is 11.0. The maximum atomic E-state index is 11.0. The molecule has 0 aliphatic carbocycles. The summed E-state index contributed by atoms with van der Waals surface area (Å²) in [6.07, 6.45) is 1.18. The molecule has 0 radical (unpaired) electrons. The van der Waals surface area contributed by atoms with Crippen LogP contribution in [0.1, 0.15) is 49.9 Å². The average molecular weight is 594 g/mol. The summed E-state index contributed by atoms with van der Waals surface area (Å²) in [6.45, 7) is 5.93. The Morgan fingerprint density at radius 3 is 2.63 bits per heavy atom. The Hall–Kier alpha value is -3.76. The van der Waals surface area contributed by atoms with Crippen molar-refractivity contribution in [1.29, 1.82) is 0 Å². The molecular formula is C28H39N11O4. The van der Waals surface area contributed by atoms with E-state index in [-0.39, 0.29) is 18.5 Å². The number of aryl methyl sites for hydroxylation is 1. The second-order valence-electron chi connectivity index (χ2n) is 11.0. The van der Waals surface area contributed by atoms with Crippen molar-refractivity contribution >= 4 is 22.9 Å². The highest BCUT2D eigenvalue weighted by Crippen LogP contribution is 2.39. The smallest absolute Gasteiger partial charge is 0.226 e. The maximum absolute atomic E-state index is 11.0. The van der Waals surface area contributed by atoms with E-state index in [1.54, 1.807) is 4.57 Å². The molecule has 5 atom stereocenters. The molecule has 43 heavy (non-hydrogen) atoms. The number of benzene rings is 1. The minimum atomic E-state index is -1.30. The molecule has 0 bridgehead atoms. The lowest BCUT2D eigenvalue weighted by Crippen LogP contribution is -2.34. The van der Waals surface area contributed by atoms with Crippen molar-refractivity contribution < 1.29 is 20.1 Å². The van der Waals surface area contributed by atoms with Gasteiger partial charge in [0.05, 0.1) is 25.5 Å². The number of aromatic nitrogens is 8. The first-order valence-electron chi connectivity index (χ1n) is 15.0. The molecule has 0 spiro atoms. The van der Waals surface area contributed by atoms with Crippen molar-refractivity contribution in [2.75, 3.05) is 43.4 Å². The van der Waals surface area contributed by atoms with Gasteiger partial charge in [-0.25, -0.2) is 4.98 Å². The number of tetrazole rings is 1. The number of nitrogens with one attached hydrogen (secondary N) is 2. The molecule has 15 heteroatoms. The molecule has 2 fully saturated rings. The fraction of sp³-hybridized carbons (Fsp3) is 0.571. The highest BCUT2D eigenvalue weighted by molar-refractivity contribution is 5.84. The summed E-state index contributed by atoms with van der Waals surface area (Å²) >= 11 is 0. The highest BCUT2D eigenvalue weighted by atomic mass is 16.6. The van der Waals surface area contributed by atoms with Crippen LogP contribution >= 0.6 is 0 Å². The van der Waals surface area contributed by atoms with E-state index in [1.165, 1.54) is 30.4 Å². The number of fused-ring (bicyclic) bond motifs is 1. The zero-order valence-electron chi connectivity index (χ0n) is 24.2. The van der Waals surface area contributed by atoms with Crippen LogP contribution < -0.4 is 10.6 Å². The highest BCUT2D eigenvalue weighted by Gasteiger charge is 2.47. The van der Waals surface area contributed by atoms with E-state index in [0.29, 0.717) is 42.4 Å². The fourth-order valence-electron chi connectivity index (χ4n) is 5.65. The largest absolute Gasteiger partial charge is 0.394 e. The van der Waals surface area contributed by atoms with E-state index in [9.17, 15) is 15.3 Å². The number of anilines is 2. The SMILES string of the molecule is CCn1nnc([C@H]2O[C@@H](n3cnc4c(N[C@H](CO)Cc5ccccc5)nc(NCCN5CCCCC5)nc43)[C@H](O)[C@@H]2O)n1. The molecule has 5 heterocycles. The minimum absolute atomic E-state index is 0.122. The first-order valence-corrected chi connectivity index (χ1v) is 15.0. The van der Waals surface area contributed by atoms with Gasteiger partial charge in [0.25, 0.3) is 0 Å². The lowest BCUT2D eigenvalue weighted by atomic mass is 10.1. The Bertz CT molecular complexity index is 1480. The van der Waals surface area contributed by atoms with E-state index >= 15 is 0 Å². The molecule has 0 amide bonds. The van der Waals surface area contributed by atoms with Gasteiger partial charge in [0.1, 0.15) is 12.2 Å². The van der Waals surface area contributed by atoms with Crippen molar-refractivity contribution in [3.05, 3.63) is 48.0 Å². The van der Waals surface area contributed by atoms with E-state index in [4.69, 9.17) is 14.7 Å². The van der Waals surface area contributed by atoms with E-state index in [0.717, 1.165) is 25.2 Å². The fourth-order valence-corrected chi connectivity index (χ4v) is 5.65. The van der Waals surface area contributed by atoms with Gasteiger partial charge in [-0.3, -0.25) is 4.57 Å². The molecular weight excluding hydrogens is 554 g/mol. The van der Waals surface area contributed by atoms with Gasteiger partial charge >= 0.3 is 0 Å². The number of hydrogen-bond donors (Lipinski definition) is 5. The first-order chi connectivity index (χ1) is 21.0. The molecule has 0 unspecified atom stereocenters. The van der Waals surface area contributed by atoms with Crippen LogP contribution in [0.2, 0.25) is 0 Å². The predicted molar refractivity (Wildman–Crippen MR) is 157 cm³/mol. The van der Waals surface area contributed by atoms with Crippen LogP contribution in [0.15, 0.2) is 36.7 Å². The number of piperidine rings is 1. The zero-order valence-corrected chi connectivity index (χ0v) is 24.2. The van der Waals surface area contributed by atoms with Crippen molar-refractivity contribution in [1.82, 2.24) is 44.6 Å². The first kappa shape index (κ1) is 29.3. The van der Waals surface area contributed by atoms with Gasteiger partial charge in [-0.15, -0.1) is 10.2 Å². The van der Waals surface area contributed by atoms with Crippen LogP contribution in [-0.4, -0.2) is 111 Å². The molecule has 2 saturated heterocycles. The lowest BCUT2D eigenvalue weighted by molar-refractivity contribution is -0.0384. The number of imidazole rings is 1. The zero-order chi connectivity index (χ0) is 29.8. The number of nitrogens with zero attached hydrogens (tertiary/aromatic N) is 9. The summed E-state index contributed by atoms with van der Waals surface area (Å²) in [7, 11) is 0. The van der Waals surface area contributed by atoms with Crippen LogP contribution in [0.5, 0.6) is 0 Å². The third-order valence-corrected chi connectivity index (χ3v) is 7.99. The number of aliphatic hydroxyl groups excluding tert-OH is 3. The molecule has 4 aromatic rings. The molecule has 2 aliphatic rings. The molecule has 230 valence electrons. The number of likely N-dealkylation sites (tertiary alicyclic amines) is 1. The Balaban J connectivity index is 1.29. The van der Waals surface area contributed by atoms with Gasteiger partial charge < -0.3 is 35.6 Å². The van der Waals surface area contributed by atoms with Crippen molar-refractivity contribution in [3.8, 4) is 0 Å². The molecule has 5 N–H and O–H groups in total. The van der Waals surface area contributed by atoms with Gasteiger partial charge in [-0.1, -0.05) is 36.8 Å². The standard InChI is InChI=1S/C28H39N11O4/c1-2-39-35-25(34-36-39)23-21(41)22(42)27(43-23)38-17-30-20-24(31-19(16-40)15-18-9-5-3-6-10-18)32-28(33-26(20)38)29-11-14-37-12-7-4-8-13-37/h3,5-6,9-10,17,19,21-23,27,40-42H,2,4,7-8,11-16H2,1H3,(H2,29,31,32,33)/t19-,21-,22+,23-,27+/m0/s1. The molecule has 6 rings (SSSR count). The van der Waals surface area contributed by atoms with Gasteiger partial charge in [-0.2, -0.15) is 14.8 Å². The summed E-state index contributed by atoms with van der Waals surface area (Å²) in [5.41, 5.74) is 1.91. The van der Waals surface area contributed by atoms with Crippen LogP contribution in [0, 0.1) is 0 Å². The van der Waals surface area contributed by atoms with Gasteiger partial charge in [-0.05, 0) is 50.1 Å². The van der Waals surface area contributed by atoms with Crippen LogP contribution in [0.25, 0.3) is 11.2 Å². The van der Waals surface area contributed by atoms with Crippen LogP contribution in [0.4, 0.5) is 11.8 Å². The summed E-state index contributed by atoms with van der Waals surface area (Å²) < 4.78 is 7.69. The molecule has 1 aromatic carbocycles. The number of rotatable bonds is 12. The van der Waals surface area contributed by atoms with Gasteiger partial charge in [0.2, 0.25) is 11.8 Å². The van der Waals surface area contributed by atoms with E-state index in [2.05, 4.69) is 35.9 Å². The summed E-state index contributed by atoms with van der Waals surface area (Å²) in [5, 5.41) is 51.0. The lowest BCUT2D eigenvalue weighted by Gasteiger charge is -2.26. The summed E-state index contributed by atoms with van der Waals surface area (Å²) in [5.74, 6) is 1.00. The maximum Gasteiger partial charge on any atom is 0.226 e. The molecule has 0 saturated carbocycles. The Morgan fingerprint density at radius 1 is 1.07 bits per heavy atom. The monoisotopic (exact) mass is 593 g/mol. The van der Waals surface area contributed by atoms with Gasteiger partial charge in [0.15, 0.2) is 29.3 Å². The van der Waals surface area contributed by atoms with E-state index in [1.807, 2.05) is 37.3 Å². The normalized spacial score (nSPS) is 23.5. The Morgan fingerprint density at radius 2 is 1.88 bits per heavy atom. The second kappa shape index (κ2) is 13.3. The van der Waals surface area contributed by atoms with Crippen LogP contribution in [-0.2, 0) is 17.7 Å². The third-order valence-electron chi connectivity index (χ3n) is 7.99. The predicted octanol–water partition coefficient (Wildman–Crippen LogP) is 0.738. The number of ether oxygens (including phenoxy) is 1. The molecule has 3 aromatic heterocycles. The Labute approximate surface area is 248 Å². The average Bonchev–Trinajstić information content (AvgIpc) is 3.76. The molecule has 2 aliphatic heterocycles. The number of hydrogen-bond acceptors (Lipinski definition) is 13. The van der Waals surface area contributed by atoms with Crippen molar-refractivity contribution in [2.24, 2.45) is 0 Å². The number of aliphatic hydroxyl groups is 3. The van der Waals surface area contributed by atoms with Crippen molar-refractivity contribution in [3.63, 3.8) is 0 Å². The van der Waals surface area contributed by atoms with E-state index < -0.39 is 24.5 Å². The summed E-state index contributed by atoms with van der Waals surface area (Å²) in [4.78, 5) is 17.9. The minimum Gasteiger partial charge on any atom is -0.394 e. The molecule has 15 nitrogen and oxygen atoms in total. The topological polar surface area (TPSA) is 184 Å². The summed E-state index contributed by atoms with van der Waals surface area (Å²) in [6, 6.07) is 9.57. The van der Waals surface area contributed by atoms with Crippen molar-refractivity contribution in [2.45, 2.75) is 69.7 Å².